The maximum Gasteiger partial charge on any atom is 0.0934 e. The summed E-state index contributed by atoms with van der Waals surface area (Å²) in [6.45, 7) is 0.801. The number of benzene rings is 1. The molecule has 1 unspecified atom stereocenters. The van der Waals surface area contributed by atoms with Crippen LogP contribution in [0.3, 0.4) is 0 Å². The quantitative estimate of drug-likeness (QED) is 0.544. The SMILES string of the molecule is ClCCCOC1(/C=C/c2ccccc2)[C@@H]2[C@H]3CC[C@H](C3)[C@@H]21. The highest BCUT2D eigenvalue weighted by molar-refractivity contribution is 6.17. The van der Waals surface area contributed by atoms with Gasteiger partial charge in [0.25, 0.3) is 0 Å². The second-order valence-corrected chi connectivity index (χ2v) is 7.25. The minimum absolute atomic E-state index is 0.0337. The molecule has 3 aliphatic rings. The van der Waals surface area contributed by atoms with Crippen LogP contribution in [0.4, 0.5) is 0 Å². The van der Waals surface area contributed by atoms with Crippen LogP contribution in [0.2, 0.25) is 0 Å². The Bertz CT molecular complexity index is 508. The molecule has 0 heterocycles. The van der Waals surface area contributed by atoms with Gasteiger partial charge >= 0.3 is 0 Å². The maximum absolute atomic E-state index is 6.38. The van der Waals surface area contributed by atoms with E-state index >= 15 is 0 Å². The normalized spacial score (nSPS) is 39.9. The Hall–Kier alpha value is -0.790. The standard InChI is InChI=1S/C19H23ClO/c20-11-4-12-21-19(10-9-14-5-2-1-3-6-14)17-15-7-8-16(13-15)18(17)19/h1-3,5-6,9-10,15-18H,4,7-8,11-13H2/b10-9+/t15-,16+,17+,18-,19?. The van der Waals surface area contributed by atoms with Gasteiger partial charge in [0.05, 0.1) is 5.60 Å². The summed E-state index contributed by atoms with van der Waals surface area (Å²) in [6, 6.07) is 10.6. The molecular formula is C19H23ClO. The average molecular weight is 303 g/mol. The number of hydrogen-bond acceptors (Lipinski definition) is 1. The van der Waals surface area contributed by atoms with Crippen molar-refractivity contribution >= 4 is 17.7 Å². The fraction of sp³-hybridized carbons (Fsp3) is 0.579. The third-order valence-electron chi connectivity index (χ3n) is 5.82. The molecule has 112 valence electrons. The number of rotatable bonds is 6. The lowest BCUT2D eigenvalue weighted by molar-refractivity contribution is 0.0316. The van der Waals surface area contributed by atoms with Crippen LogP contribution in [-0.4, -0.2) is 18.1 Å². The van der Waals surface area contributed by atoms with Crippen molar-refractivity contribution in [2.24, 2.45) is 23.7 Å². The molecule has 0 aromatic heterocycles. The van der Waals surface area contributed by atoms with Crippen molar-refractivity contribution in [2.75, 3.05) is 12.5 Å². The largest absolute Gasteiger partial charge is 0.370 e. The first-order chi connectivity index (χ1) is 10.3. The van der Waals surface area contributed by atoms with Gasteiger partial charge in [0.2, 0.25) is 0 Å². The van der Waals surface area contributed by atoms with E-state index in [-0.39, 0.29) is 5.60 Å². The maximum atomic E-state index is 6.38. The molecule has 2 heteroatoms. The second kappa shape index (κ2) is 5.44. The van der Waals surface area contributed by atoms with Crippen molar-refractivity contribution in [1.82, 2.24) is 0 Å². The Kier molecular flexibility index (Phi) is 3.59. The predicted octanol–water partition coefficient (Wildman–Crippen LogP) is 4.76. The lowest BCUT2D eigenvalue weighted by Crippen LogP contribution is -2.22. The van der Waals surface area contributed by atoms with Crippen LogP contribution in [0.5, 0.6) is 0 Å². The molecule has 1 aromatic carbocycles. The topological polar surface area (TPSA) is 9.23 Å². The van der Waals surface area contributed by atoms with E-state index in [1.54, 1.807) is 0 Å². The first-order valence-electron chi connectivity index (χ1n) is 8.29. The minimum Gasteiger partial charge on any atom is -0.370 e. The Morgan fingerprint density at radius 2 is 1.86 bits per heavy atom. The van der Waals surface area contributed by atoms with E-state index in [9.17, 15) is 0 Å². The highest BCUT2D eigenvalue weighted by Gasteiger charge is 2.74. The zero-order valence-corrected chi connectivity index (χ0v) is 13.1. The van der Waals surface area contributed by atoms with E-state index in [0.29, 0.717) is 5.88 Å². The van der Waals surface area contributed by atoms with E-state index in [1.165, 1.54) is 24.8 Å². The summed E-state index contributed by atoms with van der Waals surface area (Å²) in [5.74, 6) is 4.09. The first-order valence-corrected chi connectivity index (χ1v) is 8.83. The van der Waals surface area contributed by atoms with Gasteiger partial charge in [-0.3, -0.25) is 0 Å². The van der Waals surface area contributed by atoms with Crippen LogP contribution in [0.25, 0.3) is 6.08 Å². The molecule has 1 nitrogen and oxygen atoms in total. The van der Waals surface area contributed by atoms with E-state index in [1.807, 2.05) is 0 Å². The monoisotopic (exact) mass is 302 g/mol. The van der Waals surface area contributed by atoms with Crippen molar-refractivity contribution in [2.45, 2.75) is 31.3 Å². The smallest absolute Gasteiger partial charge is 0.0934 e. The summed E-state index contributed by atoms with van der Waals surface area (Å²) in [4.78, 5) is 0. The highest BCUT2D eigenvalue weighted by Crippen LogP contribution is 2.73. The molecular weight excluding hydrogens is 280 g/mol. The third-order valence-corrected chi connectivity index (χ3v) is 6.08. The van der Waals surface area contributed by atoms with Gasteiger partial charge in [-0.05, 0) is 43.1 Å². The van der Waals surface area contributed by atoms with Crippen molar-refractivity contribution < 1.29 is 4.74 Å². The molecule has 3 fully saturated rings. The Morgan fingerprint density at radius 1 is 1.14 bits per heavy atom. The lowest BCUT2D eigenvalue weighted by Gasteiger charge is -2.21. The van der Waals surface area contributed by atoms with Crippen LogP contribution >= 0.6 is 11.6 Å². The molecule has 5 atom stereocenters. The molecule has 2 bridgehead atoms. The van der Waals surface area contributed by atoms with Crippen LogP contribution in [0.15, 0.2) is 36.4 Å². The molecule has 0 radical (unpaired) electrons. The van der Waals surface area contributed by atoms with Gasteiger partial charge in [-0.2, -0.15) is 0 Å². The number of halogens is 1. The van der Waals surface area contributed by atoms with Gasteiger partial charge in [-0.1, -0.05) is 42.5 Å². The number of hydrogen-bond donors (Lipinski definition) is 0. The summed E-state index contributed by atoms with van der Waals surface area (Å²) >= 11 is 5.82. The van der Waals surface area contributed by atoms with E-state index < -0.39 is 0 Å². The van der Waals surface area contributed by atoms with Crippen LogP contribution in [0.1, 0.15) is 31.2 Å². The number of alkyl halides is 1. The summed E-state index contributed by atoms with van der Waals surface area (Å²) in [5.41, 5.74) is 1.31. The summed E-state index contributed by atoms with van der Waals surface area (Å²) < 4.78 is 6.38. The summed E-state index contributed by atoms with van der Waals surface area (Å²) in [5, 5.41) is 0. The first kappa shape index (κ1) is 13.8. The molecule has 1 aromatic rings. The number of fused-ring (bicyclic) bond motifs is 5. The predicted molar refractivity (Wildman–Crippen MR) is 87.3 cm³/mol. The van der Waals surface area contributed by atoms with E-state index in [0.717, 1.165) is 36.7 Å². The van der Waals surface area contributed by atoms with Gasteiger partial charge in [0, 0.05) is 24.3 Å². The van der Waals surface area contributed by atoms with Gasteiger partial charge in [0.15, 0.2) is 0 Å². The highest BCUT2D eigenvalue weighted by atomic mass is 35.5. The molecule has 0 amide bonds. The second-order valence-electron chi connectivity index (χ2n) is 6.87. The Labute approximate surface area is 132 Å². The van der Waals surface area contributed by atoms with Crippen LogP contribution in [-0.2, 0) is 4.74 Å². The molecule has 3 saturated carbocycles. The molecule has 0 aliphatic heterocycles. The molecule has 21 heavy (non-hydrogen) atoms. The molecule has 4 rings (SSSR count). The molecule has 3 aliphatic carbocycles. The summed E-state index contributed by atoms with van der Waals surface area (Å²) in [6.07, 6.45) is 9.89. The van der Waals surface area contributed by atoms with Gasteiger partial charge < -0.3 is 4.74 Å². The fourth-order valence-corrected chi connectivity index (χ4v) is 5.13. The van der Waals surface area contributed by atoms with Crippen LogP contribution < -0.4 is 0 Å². The minimum atomic E-state index is 0.0337. The van der Waals surface area contributed by atoms with E-state index in [2.05, 4.69) is 42.5 Å². The molecule has 0 saturated heterocycles. The van der Waals surface area contributed by atoms with Gasteiger partial charge in [-0.25, -0.2) is 0 Å². The zero-order valence-electron chi connectivity index (χ0n) is 12.4. The van der Waals surface area contributed by atoms with Crippen LogP contribution in [0, 0.1) is 23.7 Å². The van der Waals surface area contributed by atoms with Gasteiger partial charge in [0.1, 0.15) is 0 Å². The Balaban J connectivity index is 1.53. The molecule has 0 N–H and O–H groups in total. The van der Waals surface area contributed by atoms with Crippen molar-refractivity contribution in [3.05, 3.63) is 42.0 Å². The van der Waals surface area contributed by atoms with Crippen molar-refractivity contribution in [1.29, 1.82) is 0 Å². The molecule has 0 spiro atoms. The average Bonchev–Trinajstić information content (AvgIpc) is 2.85. The fourth-order valence-electron chi connectivity index (χ4n) is 5.02. The lowest BCUT2D eigenvalue weighted by atomic mass is 9.98. The van der Waals surface area contributed by atoms with Crippen molar-refractivity contribution in [3.63, 3.8) is 0 Å². The third kappa shape index (κ3) is 2.26. The Morgan fingerprint density at radius 3 is 2.52 bits per heavy atom. The van der Waals surface area contributed by atoms with E-state index in [4.69, 9.17) is 16.3 Å². The van der Waals surface area contributed by atoms with Crippen molar-refractivity contribution in [3.8, 4) is 0 Å². The van der Waals surface area contributed by atoms with Gasteiger partial charge in [-0.15, -0.1) is 11.6 Å². The summed E-state index contributed by atoms with van der Waals surface area (Å²) in [7, 11) is 0. The zero-order chi connectivity index (χ0) is 14.3. The number of ether oxygens (including phenoxy) is 1.